The molecule has 45 heavy (non-hydrogen) atoms. The molecule has 0 radical (unpaired) electrons. The molecule has 0 aliphatic carbocycles. The van der Waals surface area contributed by atoms with Gasteiger partial charge in [-0.05, 0) is 103 Å². The zero-order valence-corrected chi connectivity index (χ0v) is 25.0. The SMILES string of the molecule is Cc1cccc(-c2cc(C(=O)c3ccc4c5ccccc5c5ccccc5c4c3)cc(-c3cccc(-c4ccccc4)c3)c2)c1. The maximum atomic E-state index is 14.4. The van der Waals surface area contributed by atoms with Crippen molar-refractivity contribution in [3.63, 3.8) is 0 Å². The van der Waals surface area contributed by atoms with Crippen LogP contribution in [0.1, 0.15) is 21.5 Å². The normalized spacial score (nSPS) is 11.3. The van der Waals surface area contributed by atoms with Crippen LogP contribution in [-0.2, 0) is 0 Å². The van der Waals surface area contributed by atoms with Crippen molar-refractivity contribution in [2.75, 3.05) is 0 Å². The van der Waals surface area contributed by atoms with E-state index in [1.807, 2.05) is 18.2 Å². The Hall–Kier alpha value is -5.79. The van der Waals surface area contributed by atoms with Gasteiger partial charge >= 0.3 is 0 Å². The molecule has 8 aromatic rings. The molecule has 0 saturated heterocycles. The molecule has 0 unspecified atom stereocenters. The molecular formula is C44H30O. The Bertz CT molecular complexity index is 2360. The van der Waals surface area contributed by atoms with Crippen molar-refractivity contribution in [3.8, 4) is 33.4 Å². The van der Waals surface area contributed by atoms with E-state index in [0.29, 0.717) is 11.1 Å². The van der Waals surface area contributed by atoms with E-state index in [0.717, 1.165) is 44.0 Å². The van der Waals surface area contributed by atoms with Gasteiger partial charge < -0.3 is 0 Å². The van der Waals surface area contributed by atoms with Gasteiger partial charge in [-0.3, -0.25) is 4.79 Å². The second-order valence-corrected chi connectivity index (χ2v) is 11.8. The summed E-state index contributed by atoms with van der Waals surface area (Å²) in [6.45, 7) is 2.10. The highest BCUT2D eigenvalue weighted by atomic mass is 16.1. The lowest BCUT2D eigenvalue weighted by atomic mass is 9.89. The van der Waals surface area contributed by atoms with E-state index in [2.05, 4.69) is 153 Å². The maximum absolute atomic E-state index is 14.4. The van der Waals surface area contributed by atoms with E-state index < -0.39 is 0 Å². The molecule has 212 valence electrons. The molecule has 0 amide bonds. The van der Waals surface area contributed by atoms with E-state index >= 15 is 0 Å². The third-order valence-electron chi connectivity index (χ3n) is 8.86. The standard InChI is InChI=1S/C44H30O/c1-29-11-9-14-31(23-29)35-25-36(33-16-10-15-32(24-33)30-12-3-2-4-13-30)27-37(26-35)44(45)34-21-22-42-40-19-6-5-17-38(40)39-18-7-8-20-41(39)43(42)28-34/h2-28H,1H3. The van der Waals surface area contributed by atoms with Gasteiger partial charge in [0.15, 0.2) is 5.78 Å². The Labute approximate surface area is 263 Å². The lowest BCUT2D eigenvalue weighted by molar-refractivity contribution is 0.103. The Morgan fingerprint density at radius 2 is 0.800 bits per heavy atom. The number of benzene rings is 8. The summed E-state index contributed by atoms with van der Waals surface area (Å²) in [6.07, 6.45) is 0. The van der Waals surface area contributed by atoms with Gasteiger partial charge in [-0.1, -0.05) is 139 Å². The summed E-state index contributed by atoms with van der Waals surface area (Å²) >= 11 is 0. The lowest BCUT2D eigenvalue weighted by Crippen LogP contribution is -2.02. The summed E-state index contributed by atoms with van der Waals surface area (Å²) in [5.41, 5.74) is 9.10. The van der Waals surface area contributed by atoms with Crippen molar-refractivity contribution in [3.05, 3.63) is 180 Å². The molecule has 0 bridgehead atoms. The van der Waals surface area contributed by atoms with Crippen molar-refractivity contribution >= 4 is 38.1 Å². The quantitative estimate of drug-likeness (QED) is 0.148. The monoisotopic (exact) mass is 574 g/mol. The zero-order valence-electron chi connectivity index (χ0n) is 25.0. The van der Waals surface area contributed by atoms with E-state index in [9.17, 15) is 4.79 Å². The van der Waals surface area contributed by atoms with Crippen LogP contribution in [0.5, 0.6) is 0 Å². The molecule has 0 heterocycles. The van der Waals surface area contributed by atoms with E-state index in [4.69, 9.17) is 0 Å². The van der Waals surface area contributed by atoms with Crippen LogP contribution in [0, 0.1) is 6.92 Å². The number of ketones is 1. The largest absolute Gasteiger partial charge is 0.289 e. The molecule has 0 spiro atoms. The number of aryl methyl sites for hydroxylation is 1. The second kappa shape index (κ2) is 11.0. The van der Waals surface area contributed by atoms with Gasteiger partial charge in [-0.2, -0.15) is 0 Å². The molecule has 8 aromatic carbocycles. The van der Waals surface area contributed by atoms with Crippen LogP contribution < -0.4 is 0 Å². The third-order valence-corrected chi connectivity index (χ3v) is 8.86. The average Bonchev–Trinajstić information content (AvgIpc) is 3.11. The Morgan fingerprint density at radius 1 is 0.333 bits per heavy atom. The Kier molecular flexibility index (Phi) is 6.58. The van der Waals surface area contributed by atoms with Crippen LogP contribution in [0.2, 0.25) is 0 Å². The molecule has 1 nitrogen and oxygen atoms in total. The highest BCUT2D eigenvalue weighted by Crippen LogP contribution is 2.37. The summed E-state index contributed by atoms with van der Waals surface area (Å²) in [6, 6.07) is 57.0. The maximum Gasteiger partial charge on any atom is 0.193 e. The molecule has 0 aliphatic rings. The second-order valence-electron chi connectivity index (χ2n) is 11.8. The summed E-state index contributed by atoms with van der Waals surface area (Å²) in [7, 11) is 0. The number of fused-ring (bicyclic) bond motifs is 6. The molecule has 8 rings (SSSR count). The minimum atomic E-state index is 0.0177. The third kappa shape index (κ3) is 4.89. The topological polar surface area (TPSA) is 17.1 Å². The molecule has 1 heteroatoms. The van der Waals surface area contributed by atoms with Crippen LogP contribution in [-0.4, -0.2) is 5.78 Å². The first kappa shape index (κ1) is 26.8. The molecule has 0 aliphatic heterocycles. The van der Waals surface area contributed by atoms with E-state index in [-0.39, 0.29) is 5.78 Å². The van der Waals surface area contributed by atoms with Crippen LogP contribution in [0.4, 0.5) is 0 Å². The molecule has 0 atom stereocenters. The molecule has 0 aromatic heterocycles. The number of hydrogen-bond donors (Lipinski definition) is 0. The van der Waals surface area contributed by atoms with Crippen molar-refractivity contribution < 1.29 is 4.79 Å². The molecule has 0 fully saturated rings. The van der Waals surface area contributed by atoms with Crippen molar-refractivity contribution in [2.45, 2.75) is 6.92 Å². The fourth-order valence-corrected chi connectivity index (χ4v) is 6.64. The number of carbonyl (C=O) groups is 1. The zero-order chi connectivity index (χ0) is 30.3. The number of carbonyl (C=O) groups excluding carboxylic acids is 1. The van der Waals surface area contributed by atoms with Gasteiger partial charge in [0.25, 0.3) is 0 Å². The van der Waals surface area contributed by atoms with Crippen LogP contribution in [0.15, 0.2) is 164 Å². The summed E-state index contributed by atoms with van der Waals surface area (Å²) in [5.74, 6) is 0.0177. The smallest absolute Gasteiger partial charge is 0.193 e. The average molecular weight is 575 g/mol. The van der Waals surface area contributed by atoms with E-state index in [1.54, 1.807) is 0 Å². The van der Waals surface area contributed by atoms with Gasteiger partial charge in [0.1, 0.15) is 0 Å². The van der Waals surface area contributed by atoms with Crippen molar-refractivity contribution in [2.24, 2.45) is 0 Å². The predicted octanol–water partition coefficient (Wildman–Crippen LogP) is 11.7. The first-order valence-corrected chi connectivity index (χ1v) is 15.4. The number of hydrogen-bond acceptors (Lipinski definition) is 1. The van der Waals surface area contributed by atoms with Gasteiger partial charge in [-0.15, -0.1) is 0 Å². The van der Waals surface area contributed by atoms with Crippen LogP contribution >= 0.6 is 0 Å². The van der Waals surface area contributed by atoms with E-state index in [1.165, 1.54) is 27.3 Å². The Morgan fingerprint density at radius 3 is 1.42 bits per heavy atom. The summed E-state index contributed by atoms with van der Waals surface area (Å²) in [4.78, 5) is 14.4. The number of rotatable bonds is 5. The highest BCUT2D eigenvalue weighted by Gasteiger charge is 2.16. The molecular weight excluding hydrogens is 544 g/mol. The fraction of sp³-hybridized carbons (Fsp3) is 0.0227. The minimum Gasteiger partial charge on any atom is -0.289 e. The van der Waals surface area contributed by atoms with Gasteiger partial charge in [0.05, 0.1) is 0 Å². The molecule has 0 saturated carbocycles. The predicted molar refractivity (Wildman–Crippen MR) is 190 cm³/mol. The minimum absolute atomic E-state index is 0.0177. The lowest BCUT2D eigenvalue weighted by Gasteiger charge is -2.14. The Balaban J connectivity index is 1.30. The summed E-state index contributed by atoms with van der Waals surface area (Å²) in [5, 5.41) is 7.05. The summed E-state index contributed by atoms with van der Waals surface area (Å²) < 4.78 is 0. The van der Waals surface area contributed by atoms with Crippen LogP contribution in [0.25, 0.3) is 65.7 Å². The van der Waals surface area contributed by atoms with Crippen LogP contribution in [0.3, 0.4) is 0 Å². The van der Waals surface area contributed by atoms with Crippen molar-refractivity contribution in [1.29, 1.82) is 0 Å². The fourth-order valence-electron chi connectivity index (χ4n) is 6.64. The first-order valence-electron chi connectivity index (χ1n) is 15.4. The van der Waals surface area contributed by atoms with Gasteiger partial charge in [-0.25, -0.2) is 0 Å². The first-order chi connectivity index (χ1) is 22.1. The van der Waals surface area contributed by atoms with Gasteiger partial charge in [0, 0.05) is 11.1 Å². The van der Waals surface area contributed by atoms with Gasteiger partial charge in [0.2, 0.25) is 0 Å². The molecule has 0 N–H and O–H groups in total. The highest BCUT2D eigenvalue weighted by molar-refractivity contribution is 6.26. The van der Waals surface area contributed by atoms with Crippen molar-refractivity contribution in [1.82, 2.24) is 0 Å².